The maximum atomic E-state index is 12.9. The van der Waals surface area contributed by atoms with Gasteiger partial charge in [-0.1, -0.05) is 23.2 Å². The first-order chi connectivity index (χ1) is 6.92. The van der Waals surface area contributed by atoms with E-state index >= 15 is 0 Å². The highest BCUT2D eigenvalue weighted by Crippen LogP contribution is 2.40. The fourth-order valence-corrected chi connectivity index (χ4v) is 1.86. The fraction of sp³-hybridized carbons (Fsp3) is 0.111. The number of nitrogens with one attached hydrogen (secondary N) is 1. The molecule has 0 aliphatic carbocycles. The maximum Gasteiger partial charge on any atom is 0.275 e. The number of aliphatic hydroxyl groups is 2. The third-order valence-corrected chi connectivity index (χ3v) is 2.70. The lowest BCUT2D eigenvalue weighted by atomic mass is 10.1. The highest BCUT2D eigenvalue weighted by atomic mass is 35.5. The molecule has 0 spiro atoms. The number of hydrogen-bond acceptors (Lipinski definition) is 3. The van der Waals surface area contributed by atoms with Crippen LogP contribution in [0.15, 0.2) is 24.0 Å². The molecule has 3 nitrogen and oxygen atoms in total. The second-order valence-corrected chi connectivity index (χ2v) is 4.02. The lowest BCUT2D eigenvalue weighted by molar-refractivity contribution is 0.139. The van der Waals surface area contributed by atoms with E-state index in [0.717, 1.165) is 6.07 Å². The lowest BCUT2D eigenvalue weighted by Crippen LogP contribution is -2.37. The number of fused-ring (bicyclic) bond motifs is 1. The number of benzene rings is 1. The number of anilines is 1. The molecule has 0 aromatic heterocycles. The van der Waals surface area contributed by atoms with Crippen molar-refractivity contribution in [3.8, 4) is 0 Å². The van der Waals surface area contributed by atoms with Crippen LogP contribution in [0.2, 0.25) is 0 Å². The van der Waals surface area contributed by atoms with Gasteiger partial charge in [0, 0.05) is 11.3 Å². The third-order valence-electron chi connectivity index (χ3n) is 2.04. The molecule has 1 aliphatic rings. The molecule has 80 valence electrons. The van der Waals surface area contributed by atoms with Gasteiger partial charge < -0.3 is 15.5 Å². The quantitative estimate of drug-likeness (QED) is 0.490. The molecule has 15 heavy (non-hydrogen) atoms. The maximum absolute atomic E-state index is 12.9. The first kappa shape index (κ1) is 10.5. The summed E-state index contributed by atoms with van der Waals surface area (Å²) in [6.45, 7) is 0. The van der Waals surface area contributed by atoms with Crippen LogP contribution in [0.3, 0.4) is 0 Å². The first-order valence-electron chi connectivity index (χ1n) is 4.00. The number of halogens is 3. The van der Waals surface area contributed by atoms with E-state index in [0.29, 0.717) is 5.69 Å². The van der Waals surface area contributed by atoms with E-state index in [-0.39, 0.29) is 10.6 Å². The van der Waals surface area contributed by atoms with Crippen molar-refractivity contribution in [2.45, 2.75) is 5.18 Å². The van der Waals surface area contributed by atoms with Gasteiger partial charge in [0.2, 0.25) is 0 Å². The van der Waals surface area contributed by atoms with Gasteiger partial charge in [-0.3, -0.25) is 0 Å². The summed E-state index contributed by atoms with van der Waals surface area (Å²) in [4.78, 5) is 0. The van der Waals surface area contributed by atoms with Gasteiger partial charge in [0.25, 0.3) is 5.18 Å². The molecule has 1 atom stereocenters. The Morgan fingerprint density at radius 3 is 2.73 bits per heavy atom. The van der Waals surface area contributed by atoms with Crippen LogP contribution in [-0.4, -0.2) is 15.4 Å². The molecule has 0 fully saturated rings. The smallest absolute Gasteiger partial charge is 0.275 e. The number of aliphatic hydroxyl groups excluding tert-OH is 1. The van der Waals surface area contributed by atoms with E-state index in [1.807, 2.05) is 0 Å². The standard InChI is InChI=1S/C9H6Cl2FNO2/c10-7-5-3-4(12)1-2-6(5)13-9(11,15)8(7)14/h1-3,13-15H. The Morgan fingerprint density at radius 2 is 2.07 bits per heavy atom. The number of alkyl halides is 1. The van der Waals surface area contributed by atoms with Crippen molar-refractivity contribution in [3.63, 3.8) is 0 Å². The van der Waals surface area contributed by atoms with Crippen LogP contribution >= 0.6 is 23.2 Å². The molecule has 1 aromatic rings. The Hall–Kier alpha value is -0.970. The molecule has 1 unspecified atom stereocenters. The van der Waals surface area contributed by atoms with Crippen molar-refractivity contribution in [1.82, 2.24) is 0 Å². The summed E-state index contributed by atoms with van der Waals surface area (Å²) in [5.74, 6) is -1.15. The second-order valence-electron chi connectivity index (χ2n) is 3.10. The summed E-state index contributed by atoms with van der Waals surface area (Å²) in [5, 5.41) is 19.0. The largest absolute Gasteiger partial charge is 0.505 e. The van der Waals surface area contributed by atoms with Crippen molar-refractivity contribution < 1.29 is 14.6 Å². The summed E-state index contributed by atoms with van der Waals surface area (Å²) < 4.78 is 12.9. The van der Waals surface area contributed by atoms with Gasteiger partial charge in [-0.05, 0) is 18.2 Å². The van der Waals surface area contributed by atoms with Crippen molar-refractivity contribution in [1.29, 1.82) is 0 Å². The highest BCUT2D eigenvalue weighted by molar-refractivity contribution is 6.51. The number of hydrogen-bond donors (Lipinski definition) is 3. The third kappa shape index (κ3) is 1.65. The molecule has 1 aliphatic heterocycles. The lowest BCUT2D eigenvalue weighted by Gasteiger charge is -2.29. The Morgan fingerprint density at radius 1 is 1.40 bits per heavy atom. The summed E-state index contributed by atoms with van der Waals surface area (Å²) in [6.07, 6.45) is 0. The SMILES string of the molecule is OC1=C(Cl)c2cc(F)ccc2NC1(O)Cl. The van der Waals surface area contributed by atoms with Crippen molar-refractivity contribution in [2.24, 2.45) is 0 Å². The molecular formula is C9H6Cl2FNO2. The fourth-order valence-electron chi connectivity index (χ4n) is 1.32. The van der Waals surface area contributed by atoms with Crippen LogP contribution < -0.4 is 5.32 Å². The molecule has 2 rings (SSSR count). The first-order valence-corrected chi connectivity index (χ1v) is 4.76. The topological polar surface area (TPSA) is 52.5 Å². The van der Waals surface area contributed by atoms with Crippen molar-refractivity contribution >= 4 is 33.9 Å². The Labute approximate surface area is 94.7 Å². The minimum absolute atomic E-state index is 0.180. The molecule has 1 heterocycles. The van der Waals surface area contributed by atoms with Gasteiger partial charge in [-0.15, -0.1) is 0 Å². The molecular weight excluding hydrogens is 244 g/mol. The molecule has 1 aromatic carbocycles. The van der Waals surface area contributed by atoms with Crippen LogP contribution in [0.4, 0.5) is 10.1 Å². The van der Waals surface area contributed by atoms with Gasteiger partial charge in [-0.25, -0.2) is 4.39 Å². The van der Waals surface area contributed by atoms with Crippen LogP contribution in [0.25, 0.3) is 5.03 Å². The molecule has 0 saturated carbocycles. The molecule has 0 saturated heterocycles. The Bertz CT molecular complexity index is 459. The molecule has 6 heteroatoms. The zero-order chi connectivity index (χ0) is 11.2. The van der Waals surface area contributed by atoms with Gasteiger partial charge in [0.15, 0.2) is 5.76 Å². The van der Waals surface area contributed by atoms with E-state index in [1.165, 1.54) is 12.1 Å². The zero-order valence-corrected chi connectivity index (χ0v) is 8.77. The second kappa shape index (κ2) is 3.27. The van der Waals surface area contributed by atoms with Gasteiger partial charge >= 0.3 is 0 Å². The summed E-state index contributed by atoms with van der Waals surface area (Å²) in [6, 6.07) is 3.69. The van der Waals surface area contributed by atoms with Crippen LogP contribution in [-0.2, 0) is 0 Å². The average Bonchev–Trinajstić information content (AvgIpc) is 2.16. The van der Waals surface area contributed by atoms with Crippen molar-refractivity contribution in [3.05, 3.63) is 35.3 Å². The van der Waals surface area contributed by atoms with Crippen LogP contribution in [0.1, 0.15) is 5.56 Å². The van der Waals surface area contributed by atoms with E-state index in [2.05, 4.69) is 5.32 Å². The van der Waals surface area contributed by atoms with Gasteiger partial charge in [0.1, 0.15) is 5.82 Å². The molecule has 0 bridgehead atoms. The predicted octanol–water partition coefficient (Wildman–Crippen LogP) is 2.60. The zero-order valence-electron chi connectivity index (χ0n) is 7.26. The Kier molecular flexibility index (Phi) is 2.30. The summed E-state index contributed by atoms with van der Waals surface area (Å²) in [5.41, 5.74) is 0.594. The molecule has 0 amide bonds. The average molecular weight is 250 g/mol. The Balaban J connectivity index is 2.65. The minimum atomic E-state index is -2.15. The van der Waals surface area contributed by atoms with E-state index in [9.17, 15) is 14.6 Å². The molecule has 3 N–H and O–H groups in total. The van der Waals surface area contributed by atoms with Crippen LogP contribution in [0, 0.1) is 5.82 Å². The van der Waals surface area contributed by atoms with E-state index in [4.69, 9.17) is 23.2 Å². The van der Waals surface area contributed by atoms with E-state index < -0.39 is 16.8 Å². The highest BCUT2D eigenvalue weighted by Gasteiger charge is 2.37. The minimum Gasteiger partial charge on any atom is -0.505 e. The summed E-state index contributed by atoms with van der Waals surface area (Å²) >= 11 is 11.3. The predicted molar refractivity (Wildman–Crippen MR) is 56.2 cm³/mol. The van der Waals surface area contributed by atoms with Gasteiger partial charge in [-0.2, -0.15) is 0 Å². The normalized spacial score (nSPS) is 24.8. The monoisotopic (exact) mass is 249 g/mol. The molecule has 0 radical (unpaired) electrons. The van der Waals surface area contributed by atoms with Crippen molar-refractivity contribution in [2.75, 3.05) is 5.32 Å². The number of rotatable bonds is 0. The summed E-state index contributed by atoms with van der Waals surface area (Å²) in [7, 11) is 0. The van der Waals surface area contributed by atoms with Gasteiger partial charge in [0.05, 0.1) is 5.03 Å². The van der Waals surface area contributed by atoms with E-state index in [1.54, 1.807) is 0 Å². The van der Waals surface area contributed by atoms with Crippen LogP contribution in [0.5, 0.6) is 0 Å².